The molecule has 0 unspecified atom stereocenters. The molecule has 0 aliphatic heterocycles. The molecule has 0 N–H and O–H groups in total. The van der Waals surface area contributed by atoms with Crippen molar-refractivity contribution < 1.29 is 23.0 Å². The highest BCUT2D eigenvalue weighted by Gasteiger charge is 2.17. The third-order valence-electron chi connectivity index (χ3n) is 2.76. The van der Waals surface area contributed by atoms with Crippen LogP contribution in [0.2, 0.25) is 0 Å². The highest BCUT2D eigenvalue weighted by Crippen LogP contribution is 2.28. The fourth-order valence-corrected chi connectivity index (χ4v) is 2.36. The number of carbonyl (C=O) groups is 1. The highest BCUT2D eigenvalue weighted by molar-refractivity contribution is 9.10. The van der Waals surface area contributed by atoms with Crippen molar-refractivity contribution >= 4 is 21.7 Å². The Kier molecular flexibility index (Phi) is 4.90. The van der Waals surface area contributed by atoms with Gasteiger partial charge in [0.1, 0.15) is 11.5 Å². The van der Waals surface area contributed by atoms with Crippen LogP contribution in [-0.2, 0) is 0 Å². The second-order valence-corrected chi connectivity index (χ2v) is 4.91. The fraction of sp³-hybridized carbons (Fsp3) is 0.133. The van der Waals surface area contributed by atoms with Gasteiger partial charge in [-0.25, -0.2) is 0 Å². The molecule has 2 aromatic rings. The van der Waals surface area contributed by atoms with Crippen molar-refractivity contribution in [2.45, 2.75) is 6.61 Å². The first-order valence-corrected chi connectivity index (χ1v) is 6.74. The summed E-state index contributed by atoms with van der Waals surface area (Å²) in [6, 6.07) is 10.6. The third kappa shape index (κ3) is 3.58. The van der Waals surface area contributed by atoms with E-state index in [1.807, 2.05) is 0 Å². The molecule has 6 heteroatoms. The fourth-order valence-electron chi connectivity index (χ4n) is 1.82. The van der Waals surface area contributed by atoms with E-state index in [-0.39, 0.29) is 11.3 Å². The largest absolute Gasteiger partial charge is 0.496 e. The van der Waals surface area contributed by atoms with Gasteiger partial charge in [-0.3, -0.25) is 4.79 Å². The van der Waals surface area contributed by atoms with Crippen LogP contribution in [0.25, 0.3) is 0 Å². The number of ketones is 1. The zero-order valence-corrected chi connectivity index (χ0v) is 12.6. The molecule has 0 aliphatic rings. The lowest BCUT2D eigenvalue weighted by Gasteiger charge is -2.10. The molecule has 0 radical (unpaired) electrons. The Morgan fingerprint density at radius 1 is 1.14 bits per heavy atom. The molecule has 0 bridgehead atoms. The van der Waals surface area contributed by atoms with Gasteiger partial charge in [-0.15, -0.1) is 0 Å². The van der Waals surface area contributed by atoms with Crippen molar-refractivity contribution in [3.05, 3.63) is 58.1 Å². The first-order chi connectivity index (χ1) is 10.0. The van der Waals surface area contributed by atoms with Gasteiger partial charge in [0.25, 0.3) is 0 Å². The van der Waals surface area contributed by atoms with E-state index >= 15 is 0 Å². The minimum absolute atomic E-state index is 0.0786. The van der Waals surface area contributed by atoms with Crippen LogP contribution in [0.5, 0.6) is 11.5 Å². The van der Waals surface area contributed by atoms with Gasteiger partial charge in [-0.05, 0) is 46.3 Å². The summed E-state index contributed by atoms with van der Waals surface area (Å²) >= 11 is 3.28. The molecule has 0 saturated carbocycles. The summed E-state index contributed by atoms with van der Waals surface area (Å²) in [5, 5.41) is 0. The molecule has 0 saturated heterocycles. The summed E-state index contributed by atoms with van der Waals surface area (Å²) < 4.78 is 34.8. The predicted octanol–water partition coefficient (Wildman–Crippen LogP) is 4.29. The Hall–Kier alpha value is -1.95. The first kappa shape index (κ1) is 15.4. The average molecular weight is 357 g/mol. The lowest BCUT2D eigenvalue weighted by Crippen LogP contribution is -2.09. The predicted molar refractivity (Wildman–Crippen MR) is 77.2 cm³/mol. The zero-order valence-electron chi connectivity index (χ0n) is 11.0. The molecular formula is C15H11BrF2O3. The average Bonchev–Trinajstić information content (AvgIpc) is 2.46. The molecule has 2 rings (SSSR count). The number of ether oxygens (including phenoxy) is 2. The minimum atomic E-state index is -2.98. The molecule has 3 nitrogen and oxygen atoms in total. The second-order valence-electron chi connectivity index (χ2n) is 4.05. The van der Waals surface area contributed by atoms with Crippen LogP contribution in [0.15, 0.2) is 46.9 Å². The van der Waals surface area contributed by atoms with Crippen LogP contribution in [0.3, 0.4) is 0 Å². The molecule has 0 amide bonds. The summed E-state index contributed by atoms with van der Waals surface area (Å²) in [7, 11) is 1.51. The van der Waals surface area contributed by atoms with Crippen molar-refractivity contribution in [2.24, 2.45) is 0 Å². The maximum absolute atomic E-state index is 12.4. The van der Waals surface area contributed by atoms with Gasteiger partial charge in [0.05, 0.1) is 17.1 Å². The summed E-state index contributed by atoms with van der Waals surface area (Å²) in [4.78, 5) is 12.4. The Labute approximate surface area is 128 Å². The molecule has 0 atom stereocenters. The Morgan fingerprint density at radius 3 is 2.48 bits per heavy atom. The number of carbonyl (C=O) groups excluding carboxylic acids is 1. The van der Waals surface area contributed by atoms with Gasteiger partial charge in [-0.1, -0.05) is 12.1 Å². The van der Waals surface area contributed by atoms with Crippen LogP contribution >= 0.6 is 15.9 Å². The molecular weight excluding hydrogens is 346 g/mol. The third-order valence-corrected chi connectivity index (χ3v) is 3.38. The minimum Gasteiger partial charge on any atom is -0.496 e. The molecule has 0 aromatic heterocycles. The lowest BCUT2D eigenvalue weighted by atomic mass is 10.0. The van der Waals surface area contributed by atoms with Gasteiger partial charge >= 0.3 is 6.61 Å². The Balaban J connectivity index is 2.38. The monoisotopic (exact) mass is 356 g/mol. The van der Waals surface area contributed by atoms with Crippen LogP contribution in [0, 0.1) is 0 Å². The van der Waals surface area contributed by atoms with E-state index in [1.165, 1.54) is 25.3 Å². The number of hydrogen-bond acceptors (Lipinski definition) is 3. The van der Waals surface area contributed by atoms with Crippen molar-refractivity contribution in [1.29, 1.82) is 0 Å². The quantitative estimate of drug-likeness (QED) is 0.749. The molecule has 0 aliphatic carbocycles. The number of alkyl halides is 2. The summed E-state index contributed by atoms with van der Waals surface area (Å²) in [5.74, 6) is 0.0164. The summed E-state index contributed by atoms with van der Waals surface area (Å²) in [6.45, 7) is -2.98. The Morgan fingerprint density at radius 2 is 1.86 bits per heavy atom. The van der Waals surface area contributed by atoms with Gasteiger partial charge < -0.3 is 9.47 Å². The first-order valence-electron chi connectivity index (χ1n) is 5.95. The highest BCUT2D eigenvalue weighted by atomic mass is 79.9. The van der Waals surface area contributed by atoms with Crippen LogP contribution in [0.4, 0.5) is 8.78 Å². The molecule has 2 aromatic carbocycles. The zero-order chi connectivity index (χ0) is 15.4. The SMILES string of the molecule is COc1ccc(C(=O)c2ccccc2OC(F)F)cc1Br. The molecule has 0 spiro atoms. The van der Waals surface area contributed by atoms with Gasteiger partial charge in [0.15, 0.2) is 5.78 Å². The van der Waals surface area contributed by atoms with E-state index in [1.54, 1.807) is 24.3 Å². The molecule has 21 heavy (non-hydrogen) atoms. The van der Waals surface area contributed by atoms with E-state index in [2.05, 4.69) is 20.7 Å². The van der Waals surface area contributed by atoms with Crippen LogP contribution in [0.1, 0.15) is 15.9 Å². The van der Waals surface area contributed by atoms with E-state index in [4.69, 9.17) is 4.74 Å². The van der Waals surface area contributed by atoms with Crippen molar-refractivity contribution in [3.63, 3.8) is 0 Å². The van der Waals surface area contributed by atoms with Gasteiger partial charge in [0.2, 0.25) is 0 Å². The van der Waals surface area contributed by atoms with Crippen LogP contribution < -0.4 is 9.47 Å². The number of benzene rings is 2. The van der Waals surface area contributed by atoms with E-state index in [0.29, 0.717) is 15.8 Å². The standard InChI is InChI=1S/C15H11BrF2O3/c1-20-13-7-6-9(8-11(13)16)14(19)10-4-2-3-5-12(10)21-15(17)18/h2-8,15H,1H3. The number of hydrogen-bond donors (Lipinski definition) is 0. The second kappa shape index (κ2) is 6.67. The number of halogens is 3. The van der Waals surface area contributed by atoms with E-state index < -0.39 is 12.4 Å². The van der Waals surface area contributed by atoms with Crippen molar-refractivity contribution in [1.82, 2.24) is 0 Å². The molecule has 0 heterocycles. The topological polar surface area (TPSA) is 35.5 Å². The van der Waals surface area contributed by atoms with Crippen LogP contribution in [-0.4, -0.2) is 19.5 Å². The lowest BCUT2D eigenvalue weighted by molar-refractivity contribution is -0.0501. The van der Waals surface area contributed by atoms with E-state index in [9.17, 15) is 13.6 Å². The normalized spacial score (nSPS) is 10.5. The Bertz CT molecular complexity index is 659. The maximum atomic E-state index is 12.4. The van der Waals surface area contributed by atoms with Crippen molar-refractivity contribution in [2.75, 3.05) is 7.11 Å². The number of rotatable bonds is 5. The van der Waals surface area contributed by atoms with Gasteiger partial charge in [-0.2, -0.15) is 8.78 Å². The van der Waals surface area contributed by atoms with Crippen molar-refractivity contribution in [3.8, 4) is 11.5 Å². The number of para-hydroxylation sites is 1. The molecule has 0 fully saturated rings. The number of methoxy groups -OCH3 is 1. The molecule has 110 valence electrons. The summed E-state index contributed by atoms with van der Waals surface area (Å²) in [5.41, 5.74) is 0.419. The summed E-state index contributed by atoms with van der Waals surface area (Å²) in [6.07, 6.45) is 0. The van der Waals surface area contributed by atoms with Gasteiger partial charge in [0, 0.05) is 5.56 Å². The van der Waals surface area contributed by atoms with E-state index in [0.717, 1.165) is 0 Å². The smallest absolute Gasteiger partial charge is 0.387 e. The maximum Gasteiger partial charge on any atom is 0.387 e.